The second-order valence-corrected chi connectivity index (χ2v) is 8.10. The van der Waals surface area contributed by atoms with Gasteiger partial charge in [-0.2, -0.15) is 4.31 Å². The third kappa shape index (κ3) is 4.05. The minimum Gasteiger partial charge on any atom is -0.490 e. The predicted octanol–water partition coefficient (Wildman–Crippen LogP) is -0.0998. The van der Waals surface area contributed by atoms with E-state index in [1.54, 1.807) is 11.0 Å². The summed E-state index contributed by atoms with van der Waals surface area (Å²) in [6.45, 7) is 3.48. The molecule has 1 fully saturated rings. The topological polar surface area (TPSA) is 88.2 Å². The number of carbonyl (C=O) groups is 1. The Morgan fingerprint density at radius 2 is 1.88 bits per heavy atom. The van der Waals surface area contributed by atoms with Crippen LogP contribution in [0.5, 0.6) is 11.5 Å². The molecule has 2 heterocycles. The van der Waals surface area contributed by atoms with Crippen LogP contribution in [0, 0.1) is 0 Å². The molecule has 0 aliphatic carbocycles. The van der Waals surface area contributed by atoms with Crippen molar-refractivity contribution in [2.24, 2.45) is 0 Å². The molecule has 2 aliphatic rings. The maximum absolute atomic E-state index is 12.8. The average molecular weight is 369 g/mol. The molecule has 9 heteroatoms. The lowest BCUT2D eigenvalue weighted by atomic mass is 10.3. The number of nitrogens with zero attached hydrogens (tertiary/aromatic N) is 2. The van der Waals surface area contributed by atoms with Crippen molar-refractivity contribution >= 4 is 15.9 Å². The van der Waals surface area contributed by atoms with Crippen molar-refractivity contribution in [2.75, 3.05) is 53.0 Å². The monoisotopic (exact) mass is 369 g/mol. The van der Waals surface area contributed by atoms with Gasteiger partial charge in [0.25, 0.3) is 0 Å². The van der Waals surface area contributed by atoms with Crippen LogP contribution in [0.3, 0.4) is 0 Å². The van der Waals surface area contributed by atoms with Gasteiger partial charge in [-0.15, -0.1) is 0 Å². The number of hydrogen-bond donors (Lipinski definition) is 1. The molecule has 3 rings (SSSR count). The summed E-state index contributed by atoms with van der Waals surface area (Å²) >= 11 is 0. The van der Waals surface area contributed by atoms with Crippen LogP contribution in [0.1, 0.15) is 6.42 Å². The van der Waals surface area contributed by atoms with E-state index in [-0.39, 0.29) is 17.3 Å². The fraction of sp³-hybridized carbons (Fsp3) is 0.562. The highest BCUT2D eigenvalue weighted by Gasteiger charge is 2.27. The summed E-state index contributed by atoms with van der Waals surface area (Å²) in [5.41, 5.74) is 0. The lowest BCUT2D eigenvalue weighted by Crippen LogP contribution is -2.49. The minimum absolute atomic E-state index is 0.0901. The maximum Gasteiger partial charge on any atom is 0.243 e. The molecule has 138 valence electrons. The van der Waals surface area contributed by atoms with Gasteiger partial charge in [-0.25, -0.2) is 8.42 Å². The van der Waals surface area contributed by atoms with Crippen LogP contribution in [0.25, 0.3) is 0 Å². The highest BCUT2D eigenvalue weighted by atomic mass is 32.2. The van der Waals surface area contributed by atoms with E-state index in [1.165, 1.54) is 19.2 Å². The second-order valence-electron chi connectivity index (χ2n) is 6.05. The number of piperazine rings is 1. The first-order valence-corrected chi connectivity index (χ1v) is 9.77. The van der Waals surface area contributed by atoms with Gasteiger partial charge in [0.2, 0.25) is 15.9 Å². The van der Waals surface area contributed by atoms with Gasteiger partial charge in [-0.1, -0.05) is 0 Å². The molecular formula is C16H23N3O5S. The van der Waals surface area contributed by atoms with Crippen LogP contribution < -0.4 is 14.8 Å². The molecule has 1 aromatic rings. The third-order valence-corrected chi connectivity index (χ3v) is 6.05. The lowest BCUT2D eigenvalue weighted by Gasteiger charge is -2.29. The molecular weight excluding hydrogens is 346 g/mol. The van der Waals surface area contributed by atoms with Gasteiger partial charge in [0, 0.05) is 45.7 Å². The van der Waals surface area contributed by atoms with E-state index < -0.39 is 10.0 Å². The zero-order chi connectivity index (χ0) is 17.9. The summed E-state index contributed by atoms with van der Waals surface area (Å²) < 4.78 is 37.7. The molecule has 0 saturated carbocycles. The highest BCUT2D eigenvalue weighted by Crippen LogP contribution is 2.32. The van der Waals surface area contributed by atoms with Crippen LogP contribution in [0.2, 0.25) is 0 Å². The van der Waals surface area contributed by atoms with E-state index in [2.05, 4.69) is 5.32 Å². The Labute approximate surface area is 147 Å². The van der Waals surface area contributed by atoms with E-state index in [0.717, 1.165) is 23.8 Å². The van der Waals surface area contributed by atoms with Crippen molar-refractivity contribution in [2.45, 2.75) is 11.3 Å². The number of sulfonamides is 1. The normalized spacial score (nSPS) is 18.1. The molecule has 1 N–H and O–H groups in total. The van der Waals surface area contributed by atoms with E-state index in [0.29, 0.717) is 37.8 Å². The summed E-state index contributed by atoms with van der Waals surface area (Å²) in [5, 5.41) is 3.16. The van der Waals surface area contributed by atoms with Crippen LogP contribution in [-0.4, -0.2) is 76.5 Å². The maximum atomic E-state index is 12.8. The number of ether oxygens (including phenoxy) is 2. The number of fused-ring (bicyclic) bond motifs is 1. The molecule has 0 spiro atoms. The smallest absolute Gasteiger partial charge is 0.243 e. The quantitative estimate of drug-likeness (QED) is 0.797. The van der Waals surface area contributed by atoms with E-state index in [1.807, 2.05) is 0 Å². The van der Waals surface area contributed by atoms with Crippen molar-refractivity contribution < 1.29 is 22.7 Å². The largest absolute Gasteiger partial charge is 0.490 e. The van der Waals surface area contributed by atoms with Gasteiger partial charge in [0.1, 0.15) is 0 Å². The van der Waals surface area contributed by atoms with Crippen LogP contribution in [0.4, 0.5) is 0 Å². The Morgan fingerprint density at radius 3 is 2.60 bits per heavy atom. The predicted molar refractivity (Wildman–Crippen MR) is 91.3 cm³/mol. The molecule has 2 aliphatic heterocycles. The summed E-state index contributed by atoms with van der Waals surface area (Å²) in [4.78, 5) is 14.1. The Morgan fingerprint density at radius 1 is 1.20 bits per heavy atom. The van der Waals surface area contributed by atoms with Gasteiger partial charge in [0.15, 0.2) is 11.5 Å². The first-order valence-electron chi connectivity index (χ1n) is 8.33. The molecule has 0 aromatic heterocycles. The van der Waals surface area contributed by atoms with Gasteiger partial charge in [0.05, 0.1) is 24.7 Å². The van der Waals surface area contributed by atoms with E-state index in [9.17, 15) is 13.2 Å². The number of benzene rings is 1. The average Bonchev–Trinajstić information content (AvgIpc) is 2.87. The SMILES string of the molecule is CN(CC(=O)N1CCNCC1)S(=O)(=O)c1ccc2c(c1)OCCCO2. The van der Waals surface area contributed by atoms with Crippen LogP contribution in [-0.2, 0) is 14.8 Å². The zero-order valence-electron chi connectivity index (χ0n) is 14.2. The van der Waals surface area contributed by atoms with Crippen molar-refractivity contribution in [3.05, 3.63) is 18.2 Å². The molecule has 0 radical (unpaired) electrons. The Hall–Kier alpha value is -1.84. The van der Waals surface area contributed by atoms with Crippen molar-refractivity contribution in [3.8, 4) is 11.5 Å². The first kappa shape index (κ1) is 18.0. The van der Waals surface area contributed by atoms with Gasteiger partial charge < -0.3 is 19.7 Å². The van der Waals surface area contributed by atoms with Crippen molar-refractivity contribution in [1.82, 2.24) is 14.5 Å². The standard InChI is InChI=1S/C16H23N3O5S/c1-18(12-16(20)19-7-5-17-6-8-19)25(21,22)13-3-4-14-15(11-13)24-10-2-9-23-14/h3-4,11,17H,2,5-10,12H2,1H3. The zero-order valence-corrected chi connectivity index (χ0v) is 15.0. The first-order chi connectivity index (χ1) is 12.0. The van der Waals surface area contributed by atoms with Gasteiger partial charge in [-0.3, -0.25) is 4.79 Å². The Kier molecular flexibility index (Phi) is 5.45. The molecule has 8 nitrogen and oxygen atoms in total. The lowest BCUT2D eigenvalue weighted by molar-refractivity contribution is -0.131. The molecule has 0 atom stereocenters. The van der Waals surface area contributed by atoms with Crippen molar-refractivity contribution in [3.63, 3.8) is 0 Å². The highest BCUT2D eigenvalue weighted by molar-refractivity contribution is 7.89. The number of amides is 1. The molecule has 1 aromatic carbocycles. The second kappa shape index (κ2) is 7.59. The van der Waals surface area contributed by atoms with Crippen LogP contribution >= 0.6 is 0 Å². The summed E-state index contributed by atoms with van der Waals surface area (Å²) in [6, 6.07) is 4.54. The fourth-order valence-electron chi connectivity index (χ4n) is 2.77. The van der Waals surface area contributed by atoms with Crippen LogP contribution in [0.15, 0.2) is 23.1 Å². The molecule has 0 bridgehead atoms. The Balaban J connectivity index is 1.74. The number of likely N-dealkylation sites (N-methyl/N-ethyl adjacent to an activating group) is 1. The number of hydrogen-bond acceptors (Lipinski definition) is 6. The number of rotatable bonds is 4. The van der Waals surface area contributed by atoms with Crippen molar-refractivity contribution in [1.29, 1.82) is 0 Å². The molecule has 0 unspecified atom stereocenters. The number of carbonyl (C=O) groups excluding carboxylic acids is 1. The summed E-state index contributed by atoms with van der Waals surface area (Å²) in [7, 11) is -2.37. The van der Waals surface area contributed by atoms with E-state index in [4.69, 9.17) is 9.47 Å². The van der Waals surface area contributed by atoms with E-state index >= 15 is 0 Å². The summed E-state index contributed by atoms with van der Waals surface area (Å²) in [6.07, 6.45) is 0.746. The van der Waals surface area contributed by atoms with Gasteiger partial charge in [-0.05, 0) is 12.1 Å². The molecule has 1 saturated heterocycles. The third-order valence-electron chi connectivity index (χ3n) is 4.25. The Bertz CT molecular complexity index is 731. The molecule has 25 heavy (non-hydrogen) atoms. The molecule has 1 amide bonds. The summed E-state index contributed by atoms with van der Waals surface area (Å²) in [5.74, 6) is 0.762. The minimum atomic E-state index is -3.78. The fourth-order valence-corrected chi connectivity index (χ4v) is 3.91. The van der Waals surface area contributed by atoms with Gasteiger partial charge >= 0.3 is 0 Å². The number of nitrogens with one attached hydrogen (secondary N) is 1.